The van der Waals surface area contributed by atoms with Crippen molar-refractivity contribution in [1.29, 1.82) is 0 Å². The Labute approximate surface area is 134 Å². The number of nitrogens with one attached hydrogen (secondary N) is 2. The van der Waals surface area contributed by atoms with Crippen LogP contribution in [-0.4, -0.2) is 35.0 Å². The van der Waals surface area contributed by atoms with E-state index in [1.54, 1.807) is 26.0 Å². The molecule has 0 aromatic heterocycles. The molecule has 3 N–H and O–H groups in total. The summed E-state index contributed by atoms with van der Waals surface area (Å²) < 4.78 is 5.50. The van der Waals surface area contributed by atoms with Crippen LogP contribution < -0.4 is 15.4 Å². The number of fused-ring (bicyclic) bond motifs is 1. The van der Waals surface area contributed by atoms with Crippen LogP contribution in [0.25, 0.3) is 0 Å². The maximum atomic E-state index is 12.5. The summed E-state index contributed by atoms with van der Waals surface area (Å²) in [5.74, 6) is -1.88. The molecular weight excluding hydrogens is 300 g/mol. The summed E-state index contributed by atoms with van der Waals surface area (Å²) >= 11 is 0. The number of hydrogen-bond donors (Lipinski definition) is 3. The van der Waals surface area contributed by atoms with E-state index in [1.807, 2.05) is 6.92 Å². The number of para-hydroxylation sites is 1. The number of carbonyl (C=O) groups excluding carboxylic acids is 2. The number of rotatable bonds is 5. The summed E-state index contributed by atoms with van der Waals surface area (Å²) in [7, 11) is 0. The lowest BCUT2D eigenvalue weighted by atomic mass is 9.98. The minimum Gasteiger partial charge on any atom is -0.480 e. The van der Waals surface area contributed by atoms with Crippen LogP contribution in [0.2, 0.25) is 0 Å². The number of aliphatic carboxylic acids is 1. The molecule has 0 radical (unpaired) electrons. The van der Waals surface area contributed by atoms with E-state index in [-0.39, 0.29) is 23.1 Å². The van der Waals surface area contributed by atoms with Crippen LogP contribution in [0.3, 0.4) is 0 Å². The van der Waals surface area contributed by atoms with Gasteiger partial charge in [-0.1, -0.05) is 26.3 Å². The second-order valence-corrected chi connectivity index (χ2v) is 5.61. The Morgan fingerprint density at radius 3 is 2.74 bits per heavy atom. The van der Waals surface area contributed by atoms with Crippen LogP contribution in [-0.2, 0) is 9.59 Å². The lowest BCUT2D eigenvalue weighted by molar-refractivity contribution is -0.140. The third-order valence-electron chi connectivity index (χ3n) is 3.95. The van der Waals surface area contributed by atoms with Gasteiger partial charge in [-0.3, -0.25) is 9.59 Å². The molecule has 1 aromatic carbocycles. The standard InChI is InChI=1S/C16H20N2O5/c1-4-8(2)12(16(21)22)18-15(20)10-6-5-7-11-13(10)23-9(3)14(19)17-11/h5-9,12H,4H2,1-3H3,(H,17,19)(H,18,20)(H,21,22)/t8-,9?,12-/m0/s1. The van der Waals surface area contributed by atoms with Gasteiger partial charge in [0.1, 0.15) is 6.04 Å². The Hall–Kier alpha value is -2.57. The van der Waals surface area contributed by atoms with Crippen molar-refractivity contribution in [3.63, 3.8) is 0 Å². The number of carboxylic acids is 1. The zero-order valence-corrected chi connectivity index (χ0v) is 13.3. The first-order valence-corrected chi connectivity index (χ1v) is 7.49. The third-order valence-corrected chi connectivity index (χ3v) is 3.95. The van der Waals surface area contributed by atoms with Gasteiger partial charge in [-0.2, -0.15) is 0 Å². The van der Waals surface area contributed by atoms with Gasteiger partial charge in [0.05, 0.1) is 11.3 Å². The fourth-order valence-corrected chi connectivity index (χ4v) is 2.31. The van der Waals surface area contributed by atoms with Crippen molar-refractivity contribution in [2.75, 3.05) is 5.32 Å². The number of hydrogen-bond acceptors (Lipinski definition) is 4. The lowest BCUT2D eigenvalue weighted by Gasteiger charge is -2.26. The lowest BCUT2D eigenvalue weighted by Crippen LogP contribution is -2.45. The predicted octanol–water partition coefficient (Wildman–Crippen LogP) is 1.64. The summed E-state index contributed by atoms with van der Waals surface area (Å²) in [6.45, 7) is 5.20. The Balaban J connectivity index is 2.28. The second-order valence-electron chi connectivity index (χ2n) is 5.61. The van der Waals surface area contributed by atoms with E-state index in [0.717, 1.165) is 0 Å². The maximum absolute atomic E-state index is 12.5. The molecule has 3 atom stereocenters. The van der Waals surface area contributed by atoms with Crippen molar-refractivity contribution < 1.29 is 24.2 Å². The highest BCUT2D eigenvalue weighted by Crippen LogP contribution is 2.33. The van der Waals surface area contributed by atoms with Crippen LogP contribution >= 0.6 is 0 Å². The largest absolute Gasteiger partial charge is 0.480 e. The van der Waals surface area contributed by atoms with E-state index < -0.39 is 24.0 Å². The number of carbonyl (C=O) groups is 3. The second kappa shape index (κ2) is 6.68. The number of carboxylic acid groups (broad SMARTS) is 1. The average molecular weight is 320 g/mol. The molecule has 1 unspecified atom stereocenters. The molecule has 1 aliphatic heterocycles. The summed E-state index contributed by atoms with van der Waals surface area (Å²) in [6, 6.07) is 3.78. The molecule has 1 heterocycles. The predicted molar refractivity (Wildman–Crippen MR) is 83.5 cm³/mol. The maximum Gasteiger partial charge on any atom is 0.326 e. The molecule has 7 heteroatoms. The Morgan fingerprint density at radius 2 is 2.13 bits per heavy atom. The van der Waals surface area contributed by atoms with Crippen molar-refractivity contribution in [3.05, 3.63) is 23.8 Å². The van der Waals surface area contributed by atoms with Crippen molar-refractivity contribution in [2.24, 2.45) is 5.92 Å². The van der Waals surface area contributed by atoms with Crippen LogP contribution in [0.1, 0.15) is 37.6 Å². The van der Waals surface area contributed by atoms with E-state index in [2.05, 4.69) is 10.6 Å². The number of ether oxygens (including phenoxy) is 1. The van der Waals surface area contributed by atoms with Crippen LogP contribution in [0.5, 0.6) is 5.75 Å². The van der Waals surface area contributed by atoms with E-state index in [9.17, 15) is 19.5 Å². The zero-order chi connectivity index (χ0) is 17.1. The molecule has 0 aliphatic carbocycles. The van der Waals surface area contributed by atoms with Gasteiger partial charge in [0.2, 0.25) is 0 Å². The molecule has 1 aliphatic rings. The Kier molecular flexibility index (Phi) is 4.88. The SMILES string of the molecule is CC[C@H](C)[C@H](NC(=O)c1cccc2c1OC(C)C(=O)N2)C(=O)O. The molecule has 2 amide bonds. The zero-order valence-electron chi connectivity index (χ0n) is 13.3. The number of amides is 2. The van der Waals surface area contributed by atoms with Gasteiger partial charge < -0.3 is 20.5 Å². The normalized spacial score (nSPS) is 18.9. The molecule has 0 bridgehead atoms. The van der Waals surface area contributed by atoms with Crippen LogP contribution in [0, 0.1) is 5.92 Å². The Morgan fingerprint density at radius 1 is 1.43 bits per heavy atom. The summed E-state index contributed by atoms with van der Waals surface area (Å²) in [5, 5.41) is 14.5. The van der Waals surface area contributed by atoms with Crippen molar-refractivity contribution in [1.82, 2.24) is 5.32 Å². The van der Waals surface area contributed by atoms with E-state index in [1.165, 1.54) is 6.07 Å². The van der Waals surface area contributed by atoms with Gasteiger partial charge in [-0.25, -0.2) is 4.79 Å². The fourth-order valence-electron chi connectivity index (χ4n) is 2.31. The Bertz CT molecular complexity index is 643. The van der Waals surface area contributed by atoms with E-state index in [0.29, 0.717) is 12.1 Å². The highest BCUT2D eigenvalue weighted by Gasteiger charge is 2.30. The number of anilines is 1. The minimum atomic E-state index is -1.08. The van der Waals surface area contributed by atoms with Crippen LogP contribution in [0.15, 0.2) is 18.2 Å². The third kappa shape index (κ3) is 3.44. The molecule has 0 fully saturated rings. The first-order valence-electron chi connectivity index (χ1n) is 7.49. The molecule has 1 aromatic rings. The quantitative estimate of drug-likeness (QED) is 0.765. The van der Waals surface area contributed by atoms with E-state index in [4.69, 9.17) is 4.74 Å². The van der Waals surface area contributed by atoms with E-state index >= 15 is 0 Å². The van der Waals surface area contributed by atoms with Crippen molar-refractivity contribution in [2.45, 2.75) is 39.3 Å². The van der Waals surface area contributed by atoms with Crippen molar-refractivity contribution >= 4 is 23.5 Å². The first kappa shape index (κ1) is 16.8. The smallest absolute Gasteiger partial charge is 0.326 e. The van der Waals surface area contributed by atoms with Gasteiger partial charge in [-0.15, -0.1) is 0 Å². The molecule has 0 saturated heterocycles. The summed E-state index contributed by atoms with van der Waals surface area (Å²) in [6.07, 6.45) is -0.102. The molecule has 7 nitrogen and oxygen atoms in total. The first-order chi connectivity index (χ1) is 10.8. The molecule has 0 spiro atoms. The van der Waals surface area contributed by atoms with Crippen LogP contribution in [0.4, 0.5) is 5.69 Å². The summed E-state index contributed by atoms with van der Waals surface area (Å²) in [4.78, 5) is 35.4. The van der Waals surface area contributed by atoms with Gasteiger partial charge in [0.25, 0.3) is 11.8 Å². The minimum absolute atomic E-state index is 0.198. The molecule has 0 saturated carbocycles. The summed E-state index contributed by atoms with van der Waals surface area (Å²) in [5.41, 5.74) is 0.597. The van der Waals surface area contributed by atoms with Gasteiger partial charge in [-0.05, 0) is 25.0 Å². The number of benzene rings is 1. The molecule has 23 heavy (non-hydrogen) atoms. The topological polar surface area (TPSA) is 105 Å². The van der Waals surface area contributed by atoms with Gasteiger partial charge in [0, 0.05) is 0 Å². The molecular formula is C16H20N2O5. The van der Waals surface area contributed by atoms with Crippen molar-refractivity contribution in [3.8, 4) is 5.75 Å². The van der Waals surface area contributed by atoms with Gasteiger partial charge in [0.15, 0.2) is 11.9 Å². The molecule has 124 valence electrons. The molecule has 2 rings (SSSR count). The highest BCUT2D eigenvalue weighted by molar-refractivity contribution is 6.04. The van der Waals surface area contributed by atoms with Gasteiger partial charge >= 0.3 is 5.97 Å². The average Bonchev–Trinajstić information content (AvgIpc) is 2.51. The fraction of sp³-hybridized carbons (Fsp3) is 0.438. The monoisotopic (exact) mass is 320 g/mol. The highest BCUT2D eigenvalue weighted by atomic mass is 16.5.